The molecule has 3 heterocycles. The summed E-state index contributed by atoms with van der Waals surface area (Å²) in [7, 11) is 0. The van der Waals surface area contributed by atoms with Crippen LogP contribution in [0.5, 0.6) is 0 Å². The molecule has 1 aliphatic rings. The highest BCUT2D eigenvalue weighted by Gasteiger charge is 2.36. The van der Waals surface area contributed by atoms with Gasteiger partial charge in [0.2, 0.25) is 4.96 Å². The van der Waals surface area contributed by atoms with Crippen molar-refractivity contribution in [2.24, 2.45) is 0 Å². The third kappa shape index (κ3) is 1.87. The molecule has 1 aliphatic heterocycles. The largest absolute Gasteiger partial charge is 0.351 e. The van der Waals surface area contributed by atoms with Gasteiger partial charge in [-0.15, -0.1) is 0 Å². The molecule has 1 aromatic carbocycles. The molecule has 0 saturated carbocycles. The van der Waals surface area contributed by atoms with Crippen molar-refractivity contribution in [2.75, 3.05) is 6.54 Å². The maximum atomic E-state index is 12.3. The van der Waals surface area contributed by atoms with Crippen molar-refractivity contribution < 1.29 is 14.4 Å². The molecule has 4 rings (SSSR count). The minimum absolute atomic E-state index is 0.263. The molecule has 9 heteroatoms. The van der Waals surface area contributed by atoms with E-state index in [4.69, 9.17) is 0 Å². The molecule has 0 radical (unpaired) electrons. The lowest BCUT2D eigenvalue weighted by molar-refractivity contribution is 0.0607. The quantitative estimate of drug-likeness (QED) is 0.638. The van der Waals surface area contributed by atoms with E-state index in [0.29, 0.717) is 4.96 Å². The zero-order valence-corrected chi connectivity index (χ0v) is 12.3. The van der Waals surface area contributed by atoms with Gasteiger partial charge in [0.05, 0.1) is 11.1 Å². The van der Waals surface area contributed by atoms with Crippen LogP contribution in [0.4, 0.5) is 0 Å². The van der Waals surface area contributed by atoms with Crippen molar-refractivity contribution in [1.29, 1.82) is 0 Å². The van der Waals surface area contributed by atoms with Crippen LogP contribution < -0.4 is 5.69 Å². The van der Waals surface area contributed by atoms with Crippen LogP contribution in [0.3, 0.4) is 0 Å². The highest BCUT2D eigenvalue weighted by Crippen LogP contribution is 2.22. The zero-order chi connectivity index (χ0) is 16.1. The summed E-state index contributed by atoms with van der Waals surface area (Å²) in [5.74, 6) is -1.72. The molecule has 114 valence electrons. The van der Waals surface area contributed by atoms with Gasteiger partial charge in [-0.25, -0.2) is 14.2 Å². The van der Waals surface area contributed by atoms with Gasteiger partial charge in [-0.05, 0) is 23.7 Å². The van der Waals surface area contributed by atoms with Crippen LogP contribution in [-0.4, -0.2) is 42.5 Å². The van der Waals surface area contributed by atoms with E-state index in [9.17, 15) is 19.2 Å². The SMILES string of the molecule is O=C1c2ccccc2C(=O)N1CC(=O)n1sc2nccn2c1=O. The molecular weight excluding hydrogens is 320 g/mol. The van der Waals surface area contributed by atoms with E-state index in [0.717, 1.165) is 20.4 Å². The van der Waals surface area contributed by atoms with Crippen LogP contribution in [0.1, 0.15) is 25.5 Å². The fourth-order valence-electron chi connectivity index (χ4n) is 2.46. The predicted octanol–water partition coefficient (Wildman–Crippen LogP) is 0.494. The summed E-state index contributed by atoms with van der Waals surface area (Å²) < 4.78 is 2.12. The standard InChI is InChI=1S/C14H8N4O4S/c19-10(18-14(22)16-6-5-15-13(16)23-18)7-17-11(20)8-3-1-2-4-9(8)12(17)21/h1-6H,7H2. The fourth-order valence-corrected chi connectivity index (χ4v) is 3.29. The second kappa shape index (κ2) is 4.71. The van der Waals surface area contributed by atoms with Crippen LogP contribution in [0.2, 0.25) is 0 Å². The maximum Gasteiger partial charge on any atom is 0.351 e. The monoisotopic (exact) mass is 328 g/mol. The number of rotatable bonds is 2. The Hall–Kier alpha value is -3.07. The maximum absolute atomic E-state index is 12.3. The van der Waals surface area contributed by atoms with E-state index in [1.54, 1.807) is 12.1 Å². The molecule has 0 N–H and O–H groups in total. The first kappa shape index (κ1) is 13.6. The number of carbonyl (C=O) groups excluding carboxylic acids is 3. The third-order valence-corrected chi connectivity index (χ3v) is 4.57. The lowest BCUT2D eigenvalue weighted by Crippen LogP contribution is -2.39. The van der Waals surface area contributed by atoms with Crippen LogP contribution in [0, 0.1) is 0 Å². The zero-order valence-electron chi connectivity index (χ0n) is 11.5. The van der Waals surface area contributed by atoms with Crippen LogP contribution >= 0.6 is 11.5 Å². The van der Waals surface area contributed by atoms with Gasteiger partial charge < -0.3 is 0 Å². The number of hydrogen-bond donors (Lipinski definition) is 0. The molecule has 0 aliphatic carbocycles. The first-order valence-corrected chi connectivity index (χ1v) is 7.39. The van der Waals surface area contributed by atoms with Gasteiger partial charge in [0.1, 0.15) is 6.54 Å². The molecule has 2 aromatic heterocycles. The lowest BCUT2D eigenvalue weighted by atomic mass is 10.1. The molecule has 2 amide bonds. The van der Waals surface area contributed by atoms with E-state index < -0.39 is 30.0 Å². The Morgan fingerprint density at radius 3 is 2.35 bits per heavy atom. The van der Waals surface area contributed by atoms with Gasteiger partial charge in [0.25, 0.3) is 17.7 Å². The average Bonchev–Trinajstić information content (AvgIpc) is 3.19. The summed E-state index contributed by atoms with van der Waals surface area (Å²) >= 11 is 0.866. The number of hydrogen-bond acceptors (Lipinski definition) is 6. The minimum atomic E-state index is -0.653. The molecule has 3 aromatic rings. The first-order valence-electron chi connectivity index (χ1n) is 6.62. The van der Waals surface area contributed by atoms with Gasteiger partial charge in [0.15, 0.2) is 0 Å². The molecule has 0 fully saturated rings. The highest BCUT2D eigenvalue weighted by molar-refractivity contribution is 7.12. The van der Waals surface area contributed by atoms with Gasteiger partial charge in [-0.2, -0.15) is 3.96 Å². The Labute approximate surface area is 132 Å². The van der Waals surface area contributed by atoms with E-state index >= 15 is 0 Å². The fraction of sp³-hybridized carbons (Fsp3) is 0.0714. The van der Waals surface area contributed by atoms with Gasteiger partial charge in [-0.1, -0.05) is 12.1 Å². The average molecular weight is 328 g/mol. The van der Waals surface area contributed by atoms with E-state index in [1.165, 1.54) is 28.9 Å². The topological polar surface area (TPSA) is 93.8 Å². The molecule has 0 bridgehead atoms. The normalized spacial score (nSPS) is 13.8. The number of amides is 2. The summed E-state index contributed by atoms with van der Waals surface area (Å²) in [6.07, 6.45) is 2.90. The summed E-state index contributed by atoms with van der Waals surface area (Å²) in [6.45, 7) is -0.490. The van der Waals surface area contributed by atoms with Crippen LogP contribution in [0.15, 0.2) is 41.5 Å². The van der Waals surface area contributed by atoms with Gasteiger partial charge in [0, 0.05) is 12.4 Å². The molecule has 8 nitrogen and oxygen atoms in total. The van der Waals surface area contributed by atoms with Gasteiger partial charge in [-0.3, -0.25) is 19.3 Å². The Balaban J connectivity index is 1.66. The Morgan fingerprint density at radius 1 is 1.09 bits per heavy atom. The van der Waals surface area contributed by atoms with E-state index in [1.807, 2.05) is 0 Å². The number of nitrogens with zero attached hydrogens (tertiary/aromatic N) is 4. The van der Waals surface area contributed by atoms with Gasteiger partial charge >= 0.3 is 5.69 Å². The van der Waals surface area contributed by atoms with Crippen molar-refractivity contribution in [2.45, 2.75) is 0 Å². The molecule has 0 spiro atoms. The smallest absolute Gasteiger partial charge is 0.271 e. The molecular formula is C14H8N4O4S. The number of aromatic nitrogens is 3. The molecule has 23 heavy (non-hydrogen) atoms. The molecule has 0 atom stereocenters. The predicted molar refractivity (Wildman–Crippen MR) is 79.8 cm³/mol. The number of imidazole rings is 1. The van der Waals surface area contributed by atoms with Crippen molar-refractivity contribution in [1.82, 2.24) is 18.2 Å². The second-order valence-corrected chi connectivity index (χ2v) is 5.80. The highest BCUT2D eigenvalue weighted by atomic mass is 32.1. The summed E-state index contributed by atoms with van der Waals surface area (Å²) in [4.78, 5) is 54.0. The lowest BCUT2D eigenvalue weighted by Gasteiger charge is -2.11. The third-order valence-electron chi connectivity index (χ3n) is 3.56. The second-order valence-electron chi connectivity index (χ2n) is 4.88. The Kier molecular flexibility index (Phi) is 2.78. The minimum Gasteiger partial charge on any atom is -0.271 e. The Morgan fingerprint density at radius 2 is 1.74 bits per heavy atom. The number of fused-ring (bicyclic) bond motifs is 2. The van der Waals surface area contributed by atoms with Crippen molar-refractivity contribution >= 4 is 34.2 Å². The summed E-state index contributed by atoms with van der Waals surface area (Å²) in [6, 6.07) is 6.36. The number of imide groups is 1. The summed E-state index contributed by atoms with van der Waals surface area (Å²) in [5.41, 5.74) is -0.0404. The molecule has 0 unspecified atom stereocenters. The molecule has 0 saturated heterocycles. The van der Waals surface area contributed by atoms with Crippen molar-refractivity contribution in [3.05, 3.63) is 58.3 Å². The number of benzene rings is 1. The Bertz CT molecular complexity index is 1010. The van der Waals surface area contributed by atoms with E-state index in [2.05, 4.69) is 4.98 Å². The van der Waals surface area contributed by atoms with Crippen LogP contribution in [0.25, 0.3) is 4.96 Å². The van der Waals surface area contributed by atoms with Crippen LogP contribution in [-0.2, 0) is 0 Å². The van der Waals surface area contributed by atoms with Crippen molar-refractivity contribution in [3.8, 4) is 0 Å². The number of carbonyl (C=O) groups is 3. The van der Waals surface area contributed by atoms with Crippen molar-refractivity contribution in [3.63, 3.8) is 0 Å². The first-order chi connectivity index (χ1) is 11.1. The summed E-state index contributed by atoms with van der Waals surface area (Å²) in [5, 5.41) is 0. The van der Waals surface area contributed by atoms with E-state index in [-0.39, 0.29) is 11.1 Å².